The summed E-state index contributed by atoms with van der Waals surface area (Å²) < 4.78 is 0.738. The number of carbonyl (C=O) groups is 1. The van der Waals surface area contributed by atoms with Crippen molar-refractivity contribution in [2.24, 2.45) is 0 Å². The molecule has 0 radical (unpaired) electrons. The Labute approximate surface area is 118 Å². The Morgan fingerprint density at radius 3 is 2.78 bits per heavy atom. The zero-order valence-corrected chi connectivity index (χ0v) is 12.1. The van der Waals surface area contributed by atoms with Crippen LogP contribution in [0.2, 0.25) is 0 Å². The number of halogens is 1. The number of hydrogen-bond acceptors (Lipinski definition) is 4. The van der Waals surface area contributed by atoms with Crippen LogP contribution < -0.4 is 5.73 Å². The summed E-state index contributed by atoms with van der Waals surface area (Å²) >= 11 is 4.83. The largest absolute Gasteiger partial charge is 0.383 e. The second kappa shape index (κ2) is 5.54. The van der Waals surface area contributed by atoms with Gasteiger partial charge in [0.2, 0.25) is 0 Å². The number of thioether (sulfide) groups is 1. The summed E-state index contributed by atoms with van der Waals surface area (Å²) in [5.41, 5.74) is 6.83. The van der Waals surface area contributed by atoms with Crippen molar-refractivity contribution >= 4 is 39.3 Å². The number of nitrogens with zero attached hydrogens (tertiary/aromatic N) is 1. The Hall–Kier alpha value is -1.33. The molecule has 0 saturated carbocycles. The minimum absolute atomic E-state index is 0.105. The number of rotatable bonds is 3. The molecular weight excluding hydrogens is 312 g/mol. The van der Waals surface area contributed by atoms with Crippen molar-refractivity contribution in [3.05, 3.63) is 52.1 Å². The highest BCUT2D eigenvalue weighted by Crippen LogP contribution is 2.25. The molecule has 0 saturated heterocycles. The fraction of sp³-hybridized carbons (Fsp3) is 0.0769. The number of nitrogens with two attached hydrogens (primary N) is 1. The van der Waals surface area contributed by atoms with Crippen LogP contribution in [0.25, 0.3) is 0 Å². The average Bonchev–Trinajstić information content (AvgIpc) is 2.40. The predicted octanol–water partition coefficient (Wildman–Crippen LogP) is 3.38. The third-order valence-electron chi connectivity index (χ3n) is 2.48. The van der Waals surface area contributed by atoms with Gasteiger partial charge in [-0.05, 0) is 40.4 Å². The number of hydrogen-bond donors (Lipinski definition) is 1. The van der Waals surface area contributed by atoms with Gasteiger partial charge in [0.1, 0.15) is 5.82 Å². The highest BCUT2D eigenvalue weighted by molar-refractivity contribution is 9.10. The van der Waals surface area contributed by atoms with Crippen LogP contribution in [-0.2, 0) is 0 Å². The molecule has 2 aromatic rings. The molecule has 1 aromatic heterocycles. The van der Waals surface area contributed by atoms with Crippen molar-refractivity contribution in [2.45, 2.75) is 4.90 Å². The maximum atomic E-state index is 12.4. The Balaban J connectivity index is 2.51. The van der Waals surface area contributed by atoms with Crippen molar-refractivity contribution in [2.75, 3.05) is 12.0 Å². The zero-order valence-electron chi connectivity index (χ0n) is 9.68. The monoisotopic (exact) mass is 322 g/mol. The Morgan fingerprint density at radius 2 is 2.06 bits per heavy atom. The van der Waals surface area contributed by atoms with Crippen LogP contribution in [0.3, 0.4) is 0 Å². The highest BCUT2D eigenvalue weighted by Gasteiger charge is 2.16. The molecule has 0 unspecified atom stereocenters. The molecule has 2 rings (SSSR count). The van der Waals surface area contributed by atoms with E-state index < -0.39 is 0 Å². The topological polar surface area (TPSA) is 56.0 Å². The van der Waals surface area contributed by atoms with Crippen LogP contribution in [0.1, 0.15) is 15.9 Å². The first kappa shape index (κ1) is 13.1. The average molecular weight is 323 g/mol. The Kier molecular flexibility index (Phi) is 4.04. The first-order chi connectivity index (χ1) is 8.63. The maximum Gasteiger partial charge on any atom is 0.197 e. The maximum absolute atomic E-state index is 12.4. The molecule has 1 aromatic carbocycles. The second-order valence-corrected chi connectivity index (χ2v) is 5.38. The SMILES string of the molecule is CSc1ccccc1C(=O)c1cc(Br)cnc1N. The lowest BCUT2D eigenvalue weighted by molar-refractivity contribution is 0.103. The lowest BCUT2D eigenvalue weighted by Gasteiger charge is -2.08. The van der Waals surface area contributed by atoms with Crippen LogP contribution in [0.4, 0.5) is 5.82 Å². The van der Waals surface area contributed by atoms with Crippen molar-refractivity contribution < 1.29 is 4.79 Å². The van der Waals surface area contributed by atoms with Gasteiger partial charge in [0.25, 0.3) is 0 Å². The quantitative estimate of drug-likeness (QED) is 0.695. The fourth-order valence-corrected chi connectivity index (χ4v) is 2.54. The third-order valence-corrected chi connectivity index (χ3v) is 3.71. The van der Waals surface area contributed by atoms with Crippen molar-refractivity contribution in [1.82, 2.24) is 4.98 Å². The standard InChI is InChI=1S/C13H11BrN2OS/c1-18-11-5-3-2-4-9(11)12(17)10-6-8(14)7-16-13(10)15/h2-7H,1H3,(H2,15,16). The minimum atomic E-state index is -0.105. The molecule has 0 aliphatic carbocycles. The van der Waals surface area contributed by atoms with E-state index in [2.05, 4.69) is 20.9 Å². The van der Waals surface area contributed by atoms with E-state index in [0.29, 0.717) is 11.1 Å². The second-order valence-electron chi connectivity index (χ2n) is 3.62. The Bertz CT molecular complexity index is 601. The first-order valence-corrected chi connectivity index (χ1v) is 7.24. The van der Waals surface area contributed by atoms with Crippen LogP contribution in [0.15, 0.2) is 45.9 Å². The molecule has 2 N–H and O–H groups in total. The number of benzene rings is 1. The normalized spacial score (nSPS) is 10.3. The molecule has 0 atom stereocenters. The molecule has 0 fully saturated rings. The zero-order chi connectivity index (χ0) is 13.1. The molecule has 0 aliphatic heterocycles. The third kappa shape index (κ3) is 2.57. The molecule has 92 valence electrons. The van der Waals surface area contributed by atoms with Crippen LogP contribution in [0, 0.1) is 0 Å². The van der Waals surface area contributed by atoms with E-state index in [-0.39, 0.29) is 11.6 Å². The highest BCUT2D eigenvalue weighted by atomic mass is 79.9. The number of carbonyl (C=O) groups excluding carboxylic acids is 1. The van der Waals surface area contributed by atoms with Gasteiger partial charge in [-0.1, -0.05) is 12.1 Å². The van der Waals surface area contributed by atoms with Gasteiger partial charge < -0.3 is 5.73 Å². The van der Waals surface area contributed by atoms with Gasteiger partial charge in [-0.3, -0.25) is 4.79 Å². The van der Waals surface area contributed by atoms with Crippen molar-refractivity contribution in [1.29, 1.82) is 0 Å². The molecule has 5 heteroatoms. The summed E-state index contributed by atoms with van der Waals surface area (Å²) in [4.78, 5) is 17.4. The summed E-state index contributed by atoms with van der Waals surface area (Å²) in [6.07, 6.45) is 3.52. The molecule has 0 bridgehead atoms. The van der Waals surface area contributed by atoms with E-state index in [1.165, 1.54) is 11.8 Å². The van der Waals surface area contributed by atoms with Crippen LogP contribution in [0.5, 0.6) is 0 Å². The summed E-state index contributed by atoms with van der Waals surface area (Å²) in [7, 11) is 0. The Morgan fingerprint density at radius 1 is 1.33 bits per heavy atom. The van der Waals surface area contributed by atoms with E-state index >= 15 is 0 Å². The summed E-state index contributed by atoms with van der Waals surface area (Å²) in [6.45, 7) is 0. The van der Waals surface area contributed by atoms with Gasteiger partial charge in [0, 0.05) is 21.1 Å². The van der Waals surface area contributed by atoms with Gasteiger partial charge in [-0.2, -0.15) is 0 Å². The van der Waals surface area contributed by atoms with Gasteiger partial charge in [-0.25, -0.2) is 4.98 Å². The van der Waals surface area contributed by atoms with Crippen LogP contribution >= 0.6 is 27.7 Å². The lowest BCUT2D eigenvalue weighted by atomic mass is 10.0. The van der Waals surface area contributed by atoms with Gasteiger partial charge in [0.15, 0.2) is 5.78 Å². The number of ketones is 1. The van der Waals surface area contributed by atoms with Gasteiger partial charge in [0.05, 0.1) is 5.56 Å². The van der Waals surface area contributed by atoms with Crippen LogP contribution in [-0.4, -0.2) is 17.0 Å². The number of nitrogen functional groups attached to an aromatic ring is 1. The smallest absolute Gasteiger partial charge is 0.197 e. The summed E-state index contributed by atoms with van der Waals surface area (Å²) in [6, 6.07) is 9.16. The molecular formula is C13H11BrN2OS. The first-order valence-electron chi connectivity index (χ1n) is 5.22. The van der Waals surface area contributed by atoms with E-state index in [9.17, 15) is 4.79 Å². The van der Waals surface area contributed by atoms with E-state index in [1.54, 1.807) is 18.3 Å². The summed E-state index contributed by atoms with van der Waals surface area (Å²) in [5, 5.41) is 0. The molecule has 0 aliphatic rings. The minimum Gasteiger partial charge on any atom is -0.383 e. The molecule has 0 spiro atoms. The van der Waals surface area contributed by atoms with E-state index in [4.69, 9.17) is 5.73 Å². The van der Waals surface area contributed by atoms with Gasteiger partial charge in [-0.15, -0.1) is 11.8 Å². The lowest BCUT2D eigenvalue weighted by Crippen LogP contribution is -2.08. The van der Waals surface area contributed by atoms with Crippen molar-refractivity contribution in [3.63, 3.8) is 0 Å². The molecule has 1 heterocycles. The number of aromatic nitrogens is 1. The molecule has 18 heavy (non-hydrogen) atoms. The van der Waals surface area contributed by atoms with E-state index in [1.807, 2.05) is 24.5 Å². The molecule has 0 amide bonds. The predicted molar refractivity (Wildman–Crippen MR) is 78.0 cm³/mol. The number of anilines is 1. The summed E-state index contributed by atoms with van der Waals surface area (Å²) in [5.74, 6) is 0.144. The van der Waals surface area contributed by atoms with Crippen molar-refractivity contribution in [3.8, 4) is 0 Å². The fourth-order valence-electron chi connectivity index (χ4n) is 1.61. The number of pyridine rings is 1. The molecule has 3 nitrogen and oxygen atoms in total. The van der Waals surface area contributed by atoms with E-state index in [0.717, 1.165) is 9.37 Å². The van der Waals surface area contributed by atoms with Gasteiger partial charge >= 0.3 is 0 Å².